The number of anilines is 1. The standard InChI is InChI=1S/C33H40ClN3O8S/c1-22(33(39)35-25-11-6-7-12-25)36(20-23-9-8-10-24(34)17-23)32(38)21-37(28-18-26(42-2)13-15-29(28)43-3)46(40,41)27-14-16-30(44-4)31(19-27)45-5/h8-10,13-19,22,25H,6-7,11-12,20-21H2,1-5H3,(H,35,39). The molecule has 3 aromatic carbocycles. The molecule has 0 aromatic heterocycles. The Kier molecular flexibility index (Phi) is 11.6. The van der Waals surface area contributed by atoms with Crippen molar-refractivity contribution in [2.75, 3.05) is 39.3 Å². The number of benzene rings is 3. The first-order valence-corrected chi connectivity index (χ1v) is 16.6. The molecular weight excluding hydrogens is 634 g/mol. The van der Waals surface area contributed by atoms with E-state index in [0.29, 0.717) is 22.1 Å². The number of methoxy groups -OCH3 is 4. The summed E-state index contributed by atoms with van der Waals surface area (Å²) in [6.07, 6.45) is 3.78. The number of nitrogens with zero attached hydrogens (tertiary/aromatic N) is 2. The fourth-order valence-corrected chi connectivity index (χ4v) is 7.06. The number of halogens is 1. The second-order valence-corrected chi connectivity index (χ2v) is 13.2. The molecular formula is C33H40ClN3O8S. The molecule has 13 heteroatoms. The minimum atomic E-state index is -4.45. The van der Waals surface area contributed by atoms with Crippen molar-refractivity contribution in [3.05, 3.63) is 71.2 Å². The molecule has 3 aromatic rings. The Morgan fingerprint density at radius 2 is 1.57 bits per heavy atom. The fraction of sp³-hybridized carbons (Fsp3) is 0.394. The molecule has 1 aliphatic carbocycles. The van der Waals surface area contributed by atoms with E-state index in [1.165, 1.54) is 57.6 Å². The van der Waals surface area contributed by atoms with Gasteiger partial charge in [0, 0.05) is 29.7 Å². The highest BCUT2D eigenvalue weighted by molar-refractivity contribution is 7.92. The molecule has 1 aliphatic rings. The van der Waals surface area contributed by atoms with E-state index in [0.717, 1.165) is 30.0 Å². The summed E-state index contributed by atoms with van der Waals surface area (Å²) in [5.41, 5.74) is 0.741. The summed E-state index contributed by atoms with van der Waals surface area (Å²) in [4.78, 5) is 29.0. The van der Waals surface area contributed by atoms with Gasteiger partial charge < -0.3 is 29.2 Å². The number of hydrogen-bond donors (Lipinski definition) is 1. The number of nitrogens with one attached hydrogen (secondary N) is 1. The van der Waals surface area contributed by atoms with Crippen molar-refractivity contribution in [1.82, 2.24) is 10.2 Å². The molecule has 0 saturated heterocycles. The summed E-state index contributed by atoms with van der Waals surface area (Å²) < 4.78 is 51.4. The summed E-state index contributed by atoms with van der Waals surface area (Å²) in [7, 11) is 1.23. The van der Waals surface area contributed by atoms with Gasteiger partial charge in [0.2, 0.25) is 11.8 Å². The molecule has 2 amide bonds. The van der Waals surface area contributed by atoms with Crippen LogP contribution in [-0.4, -0.2) is 72.2 Å². The van der Waals surface area contributed by atoms with E-state index >= 15 is 0 Å². The lowest BCUT2D eigenvalue weighted by atomic mass is 10.1. The zero-order valence-corrected chi connectivity index (χ0v) is 28.2. The summed E-state index contributed by atoms with van der Waals surface area (Å²) >= 11 is 6.25. The average molecular weight is 674 g/mol. The summed E-state index contributed by atoms with van der Waals surface area (Å²) in [5, 5.41) is 3.52. The van der Waals surface area contributed by atoms with Crippen molar-refractivity contribution in [1.29, 1.82) is 0 Å². The number of sulfonamides is 1. The molecule has 1 atom stereocenters. The van der Waals surface area contributed by atoms with Crippen LogP contribution in [0.25, 0.3) is 0 Å². The van der Waals surface area contributed by atoms with Crippen molar-refractivity contribution in [2.45, 2.75) is 56.1 Å². The molecule has 11 nitrogen and oxygen atoms in total. The van der Waals surface area contributed by atoms with E-state index in [4.69, 9.17) is 30.5 Å². The van der Waals surface area contributed by atoms with Gasteiger partial charge in [-0.05, 0) is 61.7 Å². The van der Waals surface area contributed by atoms with Gasteiger partial charge in [0.1, 0.15) is 24.1 Å². The Balaban J connectivity index is 1.79. The Bertz CT molecular complexity index is 1650. The number of ether oxygens (including phenoxy) is 4. The topological polar surface area (TPSA) is 124 Å². The van der Waals surface area contributed by atoms with Gasteiger partial charge in [0.05, 0.1) is 39.0 Å². The second kappa shape index (κ2) is 15.4. The average Bonchev–Trinajstić information content (AvgIpc) is 3.57. The van der Waals surface area contributed by atoms with E-state index in [1.807, 2.05) is 0 Å². The number of amides is 2. The lowest BCUT2D eigenvalue weighted by Crippen LogP contribution is -2.52. The molecule has 1 unspecified atom stereocenters. The van der Waals surface area contributed by atoms with E-state index in [-0.39, 0.29) is 40.6 Å². The fourth-order valence-electron chi connectivity index (χ4n) is 5.42. The molecule has 1 saturated carbocycles. The van der Waals surface area contributed by atoms with Crippen molar-refractivity contribution >= 4 is 39.1 Å². The van der Waals surface area contributed by atoms with Crippen LogP contribution < -0.4 is 28.6 Å². The van der Waals surface area contributed by atoms with E-state index in [2.05, 4.69) is 5.32 Å². The molecule has 0 aliphatic heterocycles. The third kappa shape index (κ3) is 7.97. The molecule has 0 spiro atoms. The van der Waals surface area contributed by atoms with Gasteiger partial charge in [0.15, 0.2) is 11.5 Å². The lowest BCUT2D eigenvalue weighted by molar-refractivity contribution is -0.139. The first-order valence-electron chi connectivity index (χ1n) is 14.8. The quantitative estimate of drug-likeness (QED) is 0.252. The molecule has 0 bridgehead atoms. The van der Waals surface area contributed by atoms with Crippen LogP contribution >= 0.6 is 11.6 Å². The van der Waals surface area contributed by atoms with Crippen LogP contribution in [0.3, 0.4) is 0 Å². The Morgan fingerprint density at radius 1 is 0.891 bits per heavy atom. The Labute approximate surface area is 275 Å². The van der Waals surface area contributed by atoms with Gasteiger partial charge in [-0.25, -0.2) is 8.42 Å². The van der Waals surface area contributed by atoms with Crippen LogP contribution in [0.1, 0.15) is 38.2 Å². The van der Waals surface area contributed by atoms with Crippen LogP contribution in [0.4, 0.5) is 5.69 Å². The predicted molar refractivity (Wildman–Crippen MR) is 175 cm³/mol. The minimum Gasteiger partial charge on any atom is -0.497 e. The molecule has 248 valence electrons. The zero-order valence-electron chi connectivity index (χ0n) is 26.6. The number of carbonyl (C=O) groups is 2. The molecule has 1 fully saturated rings. The Hall–Kier alpha value is -4.16. The maximum atomic E-state index is 14.4. The summed E-state index contributed by atoms with van der Waals surface area (Å²) in [6.45, 7) is 0.978. The van der Waals surface area contributed by atoms with Crippen LogP contribution in [0.5, 0.6) is 23.0 Å². The van der Waals surface area contributed by atoms with Crippen molar-refractivity contribution < 1.29 is 37.0 Å². The first-order chi connectivity index (χ1) is 22.0. The van der Waals surface area contributed by atoms with Crippen LogP contribution in [0.2, 0.25) is 5.02 Å². The van der Waals surface area contributed by atoms with Gasteiger partial charge in [-0.2, -0.15) is 0 Å². The van der Waals surface area contributed by atoms with Crippen LogP contribution in [-0.2, 0) is 26.2 Å². The van der Waals surface area contributed by atoms with Gasteiger partial charge >= 0.3 is 0 Å². The minimum absolute atomic E-state index is 0.0120. The largest absolute Gasteiger partial charge is 0.497 e. The Morgan fingerprint density at radius 3 is 2.20 bits per heavy atom. The SMILES string of the molecule is COc1ccc(OC)c(N(CC(=O)N(Cc2cccc(Cl)c2)C(C)C(=O)NC2CCCC2)S(=O)(=O)c2ccc(OC)c(OC)c2)c1. The third-order valence-electron chi connectivity index (χ3n) is 7.99. The maximum Gasteiger partial charge on any atom is 0.265 e. The highest BCUT2D eigenvalue weighted by Gasteiger charge is 2.35. The van der Waals surface area contributed by atoms with Crippen molar-refractivity contribution in [3.63, 3.8) is 0 Å². The van der Waals surface area contributed by atoms with E-state index in [1.54, 1.807) is 43.3 Å². The smallest absolute Gasteiger partial charge is 0.265 e. The highest BCUT2D eigenvalue weighted by atomic mass is 35.5. The van der Waals surface area contributed by atoms with Gasteiger partial charge in [-0.3, -0.25) is 13.9 Å². The van der Waals surface area contributed by atoms with Crippen LogP contribution in [0, 0.1) is 0 Å². The molecule has 4 rings (SSSR count). The van der Waals surface area contributed by atoms with Gasteiger partial charge in [0.25, 0.3) is 10.0 Å². The highest BCUT2D eigenvalue weighted by Crippen LogP contribution is 2.38. The summed E-state index contributed by atoms with van der Waals surface area (Å²) in [6, 6.07) is 14.8. The molecule has 0 radical (unpaired) electrons. The van der Waals surface area contributed by atoms with E-state index in [9.17, 15) is 18.0 Å². The number of rotatable bonds is 14. The van der Waals surface area contributed by atoms with E-state index < -0.39 is 28.5 Å². The molecule has 0 heterocycles. The summed E-state index contributed by atoms with van der Waals surface area (Å²) in [5.74, 6) is 0.102. The van der Waals surface area contributed by atoms with Gasteiger partial charge in [-0.15, -0.1) is 0 Å². The first kappa shape index (κ1) is 34.7. The number of carbonyl (C=O) groups excluding carboxylic acids is 2. The normalized spacial score (nSPS) is 13.9. The maximum absolute atomic E-state index is 14.4. The zero-order chi connectivity index (χ0) is 33.4. The molecule has 1 N–H and O–H groups in total. The van der Waals surface area contributed by atoms with Crippen molar-refractivity contribution in [2.24, 2.45) is 0 Å². The lowest BCUT2D eigenvalue weighted by Gasteiger charge is -2.33. The number of hydrogen-bond acceptors (Lipinski definition) is 8. The third-order valence-corrected chi connectivity index (χ3v) is 9.98. The predicted octanol–water partition coefficient (Wildman–Crippen LogP) is 5.05. The second-order valence-electron chi connectivity index (χ2n) is 10.9. The van der Waals surface area contributed by atoms with Gasteiger partial charge in [-0.1, -0.05) is 36.6 Å². The van der Waals surface area contributed by atoms with Crippen molar-refractivity contribution in [3.8, 4) is 23.0 Å². The monoisotopic (exact) mass is 673 g/mol. The molecule has 46 heavy (non-hydrogen) atoms. The van der Waals surface area contributed by atoms with Crippen LogP contribution in [0.15, 0.2) is 65.6 Å².